The van der Waals surface area contributed by atoms with E-state index >= 15 is 0 Å². The highest BCUT2D eigenvalue weighted by Crippen LogP contribution is 2.33. The van der Waals surface area contributed by atoms with E-state index in [1.54, 1.807) is 0 Å². The van der Waals surface area contributed by atoms with Gasteiger partial charge in [-0.1, -0.05) is 24.3 Å². The number of halogens is 3. The Morgan fingerprint density at radius 1 is 1.15 bits per heavy atom. The van der Waals surface area contributed by atoms with E-state index in [0.717, 1.165) is 18.5 Å². The van der Waals surface area contributed by atoms with Gasteiger partial charge in [0.2, 0.25) is 0 Å². The lowest BCUT2D eigenvalue weighted by Crippen LogP contribution is -2.41. The zero-order chi connectivity index (χ0) is 14.6. The van der Waals surface area contributed by atoms with E-state index in [-0.39, 0.29) is 13.0 Å². The molecule has 0 aromatic heterocycles. The monoisotopic (exact) mass is 286 g/mol. The summed E-state index contributed by atoms with van der Waals surface area (Å²) in [6.45, 7) is 2.07. The predicted octanol–water partition coefficient (Wildman–Crippen LogP) is 2.96. The molecule has 0 spiro atoms. The molecule has 20 heavy (non-hydrogen) atoms. The molecule has 1 aromatic rings. The molecule has 1 atom stereocenters. The predicted molar refractivity (Wildman–Crippen MR) is 73.3 cm³/mol. The van der Waals surface area contributed by atoms with Crippen LogP contribution >= 0.6 is 0 Å². The molecular weight excluding hydrogens is 265 g/mol. The topological polar surface area (TPSA) is 29.3 Å². The third kappa shape index (κ3) is 4.21. The van der Waals surface area contributed by atoms with Crippen LogP contribution in [0.25, 0.3) is 0 Å². The molecule has 1 fully saturated rings. The molecule has 1 aliphatic rings. The first-order valence-electron chi connectivity index (χ1n) is 7.06. The maximum absolute atomic E-state index is 12.8. The summed E-state index contributed by atoms with van der Waals surface area (Å²) in [5.74, 6) is -1.17. The van der Waals surface area contributed by atoms with Gasteiger partial charge in [0.05, 0.1) is 5.92 Å². The van der Waals surface area contributed by atoms with E-state index in [9.17, 15) is 13.2 Å². The molecule has 5 heteroatoms. The van der Waals surface area contributed by atoms with Crippen LogP contribution in [-0.4, -0.2) is 30.7 Å². The van der Waals surface area contributed by atoms with Crippen LogP contribution in [0.5, 0.6) is 0 Å². The summed E-state index contributed by atoms with van der Waals surface area (Å²) >= 11 is 0. The van der Waals surface area contributed by atoms with E-state index in [2.05, 4.69) is 0 Å². The average Bonchev–Trinajstić information content (AvgIpc) is 2.41. The van der Waals surface area contributed by atoms with Crippen molar-refractivity contribution in [1.29, 1.82) is 0 Å². The molecule has 1 aliphatic heterocycles. The second kappa shape index (κ2) is 6.59. The standard InChI is InChI=1S/C15H21F3N2/c16-15(17,18)14-2-1-9-20(11-14)10-13-5-3-12(4-6-13)7-8-19/h3-6,14H,1-2,7-11,19H2. The smallest absolute Gasteiger partial charge is 0.330 e. The fourth-order valence-electron chi connectivity index (χ4n) is 2.70. The molecule has 2 nitrogen and oxygen atoms in total. The van der Waals surface area contributed by atoms with Crippen LogP contribution in [0.3, 0.4) is 0 Å². The van der Waals surface area contributed by atoms with Crippen molar-refractivity contribution in [3.8, 4) is 0 Å². The summed E-state index contributed by atoms with van der Waals surface area (Å²) < 4.78 is 38.3. The maximum Gasteiger partial charge on any atom is 0.393 e. The quantitative estimate of drug-likeness (QED) is 0.922. The fourth-order valence-corrected chi connectivity index (χ4v) is 2.70. The molecule has 1 saturated heterocycles. The van der Waals surface area contributed by atoms with Crippen LogP contribution in [0, 0.1) is 5.92 Å². The van der Waals surface area contributed by atoms with Crippen molar-refractivity contribution < 1.29 is 13.2 Å². The minimum atomic E-state index is -4.07. The number of alkyl halides is 3. The lowest BCUT2D eigenvalue weighted by Gasteiger charge is -2.33. The summed E-state index contributed by atoms with van der Waals surface area (Å²) in [7, 11) is 0. The SMILES string of the molecule is NCCc1ccc(CN2CCCC(C(F)(F)F)C2)cc1. The van der Waals surface area contributed by atoms with Crippen molar-refractivity contribution in [2.45, 2.75) is 32.0 Å². The van der Waals surface area contributed by atoms with Gasteiger partial charge in [0.15, 0.2) is 0 Å². The van der Waals surface area contributed by atoms with E-state index in [4.69, 9.17) is 5.73 Å². The van der Waals surface area contributed by atoms with Gasteiger partial charge in [0.1, 0.15) is 0 Å². The highest BCUT2D eigenvalue weighted by Gasteiger charge is 2.41. The third-order valence-corrected chi connectivity index (χ3v) is 3.83. The lowest BCUT2D eigenvalue weighted by molar-refractivity contribution is -0.187. The van der Waals surface area contributed by atoms with Crippen molar-refractivity contribution >= 4 is 0 Å². The molecule has 2 rings (SSSR count). The van der Waals surface area contributed by atoms with Crippen LogP contribution in [0.2, 0.25) is 0 Å². The van der Waals surface area contributed by atoms with E-state index < -0.39 is 12.1 Å². The first kappa shape index (κ1) is 15.3. The number of nitrogens with two attached hydrogens (primary N) is 1. The van der Waals surface area contributed by atoms with Crippen molar-refractivity contribution in [3.05, 3.63) is 35.4 Å². The van der Waals surface area contributed by atoms with Gasteiger partial charge in [-0.15, -0.1) is 0 Å². The van der Waals surface area contributed by atoms with Crippen LogP contribution in [0.4, 0.5) is 13.2 Å². The van der Waals surface area contributed by atoms with E-state index in [1.165, 1.54) is 5.56 Å². The molecule has 1 heterocycles. The first-order chi connectivity index (χ1) is 9.49. The van der Waals surface area contributed by atoms with Crippen molar-refractivity contribution in [2.75, 3.05) is 19.6 Å². The molecule has 0 aliphatic carbocycles. The van der Waals surface area contributed by atoms with E-state index in [1.807, 2.05) is 29.2 Å². The van der Waals surface area contributed by atoms with Gasteiger partial charge in [0, 0.05) is 13.1 Å². The number of piperidine rings is 1. The van der Waals surface area contributed by atoms with Crippen LogP contribution < -0.4 is 5.73 Å². The van der Waals surface area contributed by atoms with Gasteiger partial charge in [-0.3, -0.25) is 4.90 Å². The van der Waals surface area contributed by atoms with E-state index in [0.29, 0.717) is 19.5 Å². The second-order valence-electron chi connectivity index (χ2n) is 5.47. The molecular formula is C15H21F3N2. The zero-order valence-electron chi connectivity index (χ0n) is 11.5. The number of benzene rings is 1. The van der Waals surface area contributed by atoms with Gasteiger partial charge in [-0.2, -0.15) is 13.2 Å². The molecule has 112 valence electrons. The maximum atomic E-state index is 12.8. The van der Waals surface area contributed by atoms with Crippen molar-refractivity contribution in [2.24, 2.45) is 11.7 Å². The summed E-state index contributed by atoms with van der Waals surface area (Å²) in [6.07, 6.45) is -2.35. The third-order valence-electron chi connectivity index (χ3n) is 3.83. The largest absolute Gasteiger partial charge is 0.393 e. The molecule has 0 saturated carbocycles. The zero-order valence-corrected chi connectivity index (χ0v) is 11.5. The highest BCUT2D eigenvalue weighted by atomic mass is 19.4. The number of hydrogen-bond acceptors (Lipinski definition) is 2. The Labute approximate surface area is 117 Å². The van der Waals surface area contributed by atoms with Crippen LogP contribution in [-0.2, 0) is 13.0 Å². The Balaban J connectivity index is 1.92. The Hall–Kier alpha value is -1.07. The number of hydrogen-bond donors (Lipinski definition) is 1. The fraction of sp³-hybridized carbons (Fsp3) is 0.600. The summed E-state index contributed by atoms with van der Waals surface area (Å²) in [5.41, 5.74) is 7.72. The lowest BCUT2D eigenvalue weighted by atomic mass is 9.97. The van der Waals surface area contributed by atoms with Crippen LogP contribution in [0.1, 0.15) is 24.0 Å². The molecule has 0 amide bonds. The summed E-state index contributed by atoms with van der Waals surface area (Å²) in [4.78, 5) is 1.90. The second-order valence-corrected chi connectivity index (χ2v) is 5.47. The molecule has 1 unspecified atom stereocenters. The molecule has 0 radical (unpaired) electrons. The Morgan fingerprint density at radius 2 is 1.80 bits per heavy atom. The molecule has 2 N–H and O–H groups in total. The van der Waals surface area contributed by atoms with Gasteiger partial charge in [-0.05, 0) is 43.5 Å². The van der Waals surface area contributed by atoms with Crippen LogP contribution in [0.15, 0.2) is 24.3 Å². The normalized spacial score (nSPS) is 21.1. The molecule has 1 aromatic carbocycles. The number of nitrogens with zero attached hydrogens (tertiary/aromatic N) is 1. The molecule has 0 bridgehead atoms. The van der Waals surface area contributed by atoms with Gasteiger partial charge in [-0.25, -0.2) is 0 Å². The average molecular weight is 286 g/mol. The first-order valence-corrected chi connectivity index (χ1v) is 7.06. The Bertz CT molecular complexity index is 414. The Morgan fingerprint density at radius 3 is 2.40 bits per heavy atom. The van der Waals surface area contributed by atoms with Gasteiger partial charge >= 0.3 is 6.18 Å². The minimum Gasteiger partial charge on any atom is -0.330 e. The number of likely N-dealkylation sites (tertiary alicyclic amines) is 1. The summed E-state index contributed by atoms with van der Waals surface area (Å²) in [5, 5.41) is 0. The highest BCUT2D eigenvalue weighted by molar-refractivity contribution is 5.22. The Kier molecular flexibility index (Phi) is 5.05. The summed E-state index contributed by atoms with van der Waals surface area (Å²) in [6, 6.07) is 7.99. The van der Waals surface area contributed by atoms with Crippen molar-refractivity contribution in [3.63, 3.8) is 0 Å². The van der Waals surface area contributed by atoms with Crippen molar-refractivity contribution in [1.82, 2.24) is 4.90 Å². The minimum absolute atomic E-state index is 0.119. The van der Waals surface area contributed by atoms with Gasteiger partial charge in [0.25, 0.3) is 0 Å². The van der Waals surface area contributed by atoms with Gasteiger partial charge < -0.3 is 5.73 Å². The number of rotatable bonds is 4.